The van der Waals surface area contributed by atoms with Gasteiger partial charge in [-0.1, -0.05) is 11.6 Å². The summed E-state index contributed by atoms with van der Waals surface area (Å²) in [5.41, 5.74) is -0.569. The molecule has 0 saturated carbocycles. The van der Waals surface area contributed by atoms with Crippen LogP contribution in [-0.4, -0.2) is 19.9 Å². The Bertz CT molecular complexity index is 982. The zero-order valence-electron chi connectivity index (χ0n) is 12.6. The summed E-state index contributed by atoms with van der Waals surface area (Å²) in [6.07, 6.45) is 0.696. The van der Waals surface area contributed by atoms with Gasteiger partial charge in [-0.15, -0.1) is 0 Å². The lowest BCUT2D eigenvalue weighted by Crippen LogP contribution is -2.36. The number of anilines is 1. The quantitative estimate of drug-likeness (QED) is 0.593. The molecule has 0 aliphatic carbocycles. The Morgan fingerprint density at radius 1 is 1.20 bits per heavy atom. The minimum atomic E-state index is -4.28. The van der Waals surface area contributed by atoms with Crippen molar-refractivity contribution in [2.45, 2.75) is 17.7 Å². The average molecular weight is 389 g/mol. The summed E-state index contributed by atoms with van der Waals surface area (Å²) in [7, 11) is -4.28. The highest BCUT2D eigenvalue weighted by Gasteiger charge is 2.33. The molecule has 0 unspecified atom stereocenters. The molecular formula is C15H11ClF2N2O4S. The summed E-state index contributed by atoms with van der Waals surface area (Å²) in [6.45, 7) is -0.0195. The van der Waals surface area contributed by atoms with Crippen LogP contribution in [0.4, 0.5) is 20.2 Å². The van der Waals surface area contributed by atoms with Crippen LogP contribution in [-0.2, 0) is 16.4 Å². The van der Waals surface area contributed by atoms with Gasteiger partial charge in [0.15, 0.2) is 5.82 Å². The predicted molar refractivity (Wildman–Crippen MR) is 87.3 cm³/mol. The van der Waals surface area contributed by atoms with Crippen molar-refractivity contribution < 1.29 is 22.1 Å². The molecule has 10 heteroatoms. The Morgan fingerprint density at radius 2 is 1.92 bits per heavy atom. The highest BCUT2D eigenvalue weighted by Crippen LogP contribution is 2.36. The molecule has 2 aromatic carbocycles. The molecular weight excluding hydrogens is 378 g/mol. The van der Waals surface area contributed by atoms with Crippen LogP contribution in [0.3, 0.4) is 0 Å². The van der Waals surface area contributed by atoms with E-state index in [-0.39, 0.29) is 27.7 Å². The third-order valence-corrected chi connectivity index (χ3v) is 5.98. The molecule has 25 heavy (non-hydrogen) atoms. The lowest BCUT2D eigenvalue weighted by Gasteiger charge is -2.30. The number of benzene rings is 2. The number of rotatable bonds is 3. The van der Waals surface area contributed by atoms with Gasteiger partial charge in [0.25, 0.3) is 15.7 Å². The first-order chi connectivity index (χ1) is 11.7. The van der Waals surface area contributed by atoms with Crippen molar-refractivity contribution in [2.24, 2.45) is 0 Å². The maximum Gasteiger partial charge on any atom is 0.289 e. The molecule has 3 rings (SSSR count). The number of nitro benzene ring substituents is 1. The third-order valence-electron chi connectivity index (χ3n) is 3.87. The van der Waals surface area contributed by atoms with Gasteiger partial charge in [0.2, 0.25) is 0 Å². The Morgan fingerprint density at radius 3 is 2.60 bits per heavy atom. The molecule has 1 heterocycles. The number of sulfonamides is 1. The van der Waals surface area contributed by atoms with E-state index < -0.39 is 32.3 Å². The Hall–Kier alpha value is -2.26. The van der Waals surface area contributed by atoms with E-state index in [1.54, 1.807) is 0 Å². The lowest BCUT2D eigenvalue weighted by molar-refractivity contribution is -0.384. The molecule has 0 N–H and O–H groups in total. The molecule has 0 amide bonds. The fourth-order valence-electron chi connectivity index (χ4n) is 2.77. The number of halogens is 3. The van der Waals surface area contributed by atoms with Crippen LogP contribution in [0.25, 0.3) is 0 Å². The van der Waals surface area contributed by atoms with E-state index in [0.29, 0.717) is 18.9 Å². The first-order valence-corrected chi connectivity index (χ1v) is 8.98. The van der Waals surface area contributed by atoms with E-state index in [1.807, 2.05) is 0 Å². The van der Waals surface area contributed by atoms with Gasteiger partial charge >= 0.3 is 0 Å². The van der Waals surface area contributed by atoms with Crippen molar-refractivity contribution in [3.63, 3.8) is 0 Å². The Balaban J connectivity index is 2.15. The molecule has 2 aromatic rings. The number of hydrogen-bond donors (Lipinski definition) is 0. The second-order valence-electron chi connectivity index (χ2n) is 5.45. The number of hydrogen-bond acceptors (Lipinski definition) is 4. The minimum absolute atomic E-state index is 0.0195. The van der Waals surface area contributed by atoms with Crippen molar-refractivity contribution in [3.05, 3.63) is 62.7 Å². The molecule has 0 bridgehead atoms. The highest BCUT2D eigenvalue weighted by atomic mass is 35.5. The van der Waals surface area contributed by atoms with Gasteiger partial charge in [-0.25, -0.2) is 17.2 Å². The summed E-state index contributed by atoms with van der Waals surface area (Å²) in [5.74, 6) is -1.79. The topological polar surface area (TPSA) is 80.5 Å². The smallest absolute Gasteiger partial charge is 0.263 e. The number of nitrogens with zero attached hydrogens (tertiary/aromatic N) is 2. The van der Waals surface area contributed by atoms with Crippen LogP contribution in [0.5, 0.6) is 0 Å². The summed E-state index contributed by atoms with van der Waals surface area (Å²) >= 11 is 5.70. The van der Waals surface area contributed by atoms with Crippen LogP contribution in [0.15, 0.2) is 35.2 Å². The highest BCUT2D eigenvalue weighted by molar-refractivity contribution is 7.92. The molecule has 1 aliphatic heterocycles. The van der Waals surface area contributed by atoms with Gasteiger partial charge in [0, 0.05) is 18.7 Å². The van der Waals surface area contributed by atoms with Crippen molar-refractivity contribution in [1.82, 2.24) is 0 Å². The molecule has 0 spiro atoms. The molecule has 0 fully saturated rings. The number of aryl methyl sites for hydroxylation is 1. The van der Waals surface area contributed by atoms with Crippen molar-refractivity contribution in [2.75, 3.05) is 10.8 Å². The SMILES string of the molecule is O=[N+]([O-])c1cc(S(=O)(=O)N2CCCc3cc(F)cc(F)c32)ccc1Cl. The zero-order chi connectivity index (χ0) is 18.4. The van der Waals surface area contributed by atoms with Gasteiger partial charge in [-0.2, -0.15) is 0 Å². The fraction of sp³-hybridized carbons (Fsp3) is 0.200. The van der Waals surface area contributed by atoms with E-state index in [4.69, 9.17) is 11.6 Å². The second kappa shape index (κ2) is 6.23. The van der Waals surface area contributed by atoms with Gasteiger partial charge in [-0.05, 0) is 36.6 Å². The van der Waals surface area contributed by atoms with Crippen LogP contribution in [0.1, 0.15) is 12.0 Å². The van der Waals surface area contributed by atoms with E-state index >= 15 is 0 Å². The molecule has 0 saturated heterocycles. The maximum atomic E-state index is 14.2. The van der Waals surface area contributed by atoms with Gasteiger partial charge in [0.05, 0.1) is 15.5 Å². The largest absolute Gasteiger partial charge is 0.289 e. The average Bonchev–Trinajstić information content (AvgIpc) is 2.53. The van der Waals surface area contributed by atoms with Crippen LogP contribution in [0, 0.1) is 21.7 Å². The first kappa shape index (κ1) is 17.6. The summed E-state index contributed by atoms with van der Waals surface area (Å²) < 4.78 is 54.2. The Labute approximate surface area is 146 Å². The summed E-state index contributed by atoms with van der Waals surface area (Å²) in [4.78, 5) is 9.79. The van der Waals surface area contributed by atoms with Gasteiger partial charge in [0.1, 0.15) is 10.8 Å². The summed E-state index contributed by atoms with van der Waals surface area (Å²) in [6, 6.07) is 4.73. The van der Waals surface area contributed by atoms with E-state index in [0.717, 1.165) is 28.6 Å². The minimum Gasteiger partial charge on any atom is -0.263 e. The molecule has 6 nitrogen and oxygen atoms in total. The van der Waals surface area contributed by atoms with E-state index in [1.165, 1.54) is 0 Å². The monoisotopic (exact) mass is 388 g/mol. The van der Waals surface area contributed by atoms with E-state index in [2.05, 4.69) is 0 Å². The lowest BCUT2D eigenvalue weighted by atomic mass is 10.0. The molecule has 0 radical (unpaired) electrons. The van der Waals surface area contributed by atoms with Crippen molar-refractivity contribution in [1.29, 1.82) is 0 Å². The van der Waals surface area contributed by atoms with Crippen LogP contribution in [0.2, 0.25) is 5.02 Å². The Kier molecular flexibility index (Phi) is 4.38. The van der Waals surface area contributed by atoms with Crippen molar-refractivity contribution in [3.8, 4) is 0 Å². The zero-order valence-corrected chi connectivity index (χ0v) is 14.2. The van der Waals surface area contributed by atoms with Crippen LogP contribution < -0.4 is 4.31 Å². The fourth-order valence-corrected chi connectivity index (χ4v) is 4.53. The normalized spacial score (nSPS) is 14.3. The van der Waals surface area contributed by atoms with Crippen LogP contribution >= 0.6 is 11.6 Å². The maximum absolute atomic E-state index is 14.2. The van der Waals surface area contributed by atoms with Gasteiger partial charge in [-0.3, -0.25) is 14.4 Å². The molecule has 1 aliphatic rings. The third kappa shape index (κ3) is 3.05. The predicted octanol–water partition coefficient (Wildman–Crippen LogP) is 3.67. The summed E-state index contributed by atoms with van der Waals surface area (Å²) in [5, 5.41) is 10.8. The standard InChI is InChI=1S/C15H11ClF2N2O4S/c16-12-4-3-11(8-14(12)20(21)22)25(23,24)19-5-1-2-9-6-10(17)7-13(18)15(9)19/h3-4,6-8H,1-2,5H2. The molecule has 0 atom stereocenters. The van der Waals surface area contributed by atoms with Crippen molar-refractivity contribution >= 4 is 33.0 Å². The second-order valence-corrected chi connectivity index (χ2v) is 7.72. The van der Waals surface area contributed by atoms with E-state index in [9.17, 15) is 27.3 Å². The first-order valence-electron chi connectivity index (χ1n) is 7.16. The molecule has 0 aromatic heterocycles. The van der Waals surface area contributed by atoms with Gasteiger partial charge < -0.3 is 0 Å². The number of fused-ring (bicyclic) bond motifs is 1. The molecule has 132 valence electrons. The number of nitro groups is 1.